The van der Waals surface area contributed by atoms with Gasteiger partial charge in [0.2, 0.25) is 15.9 Å². The van der Waals surface area contributed by atoms with Crippen molar-refractivity contribution in [1.29, 1.82) is 0 Å². The molecule has 1 amide bonds. The Morgan fingerprint density at radius 3 is 2.40 bits per heavy atom. The zero-order chi connectivity index (χ0) is 22.5. The smallest absolute Gasteiger partial charge is 0.244 e. The van der Waals surface area contributed by atoms with E-state index in [1.807, 2.05) is 13.0 Å². The Kier molecular flexibility index (Phi) is 8.41. The fraction of sp³-hybridized carbons (Fsp3) is 0.381. The highest BCUT2D eigenvalue weighted by Gasteiger charge is 2.32. The van der Waals surface area contributed by atoms with Crippen molar-refractivity contribution in [1.82, 2.24) is 5.32 Å². The van der Waals surface area contributed by atoms with E-state index in [2.05, 4.69) is 5.32 Å². The van der Waals surface area contributed by atoms with Gasteiger partial charge in [-0.1, -0.05) is 42.3 Å². The molecule has 9 heteroatoms. The first-order chi connectivity index (χ1) is 14.0. The molecule has 1 atom stereocenters. The number of hydrogen-bond donors (Lipinski definition) is 1. The van der Waals surface area contributed by atoms with E-state index in [9.17, 15) is 13.2 Å². The zero-order valence-electron chi connectivity index (χ0n) is 17.4. The van der Waals surface area contributed by atoms with E-state index >= 15 is 0 Å². The second-order valence-corrected chi connectivity index (χ2v) is 9.67. The predicted molar refractivity (Wildman–Crippen MR) is 122 cm³/mol. The third kappa shape index (κ3) is 6.27. The van der Waals surface area contributed by atoms with E-state index in [1.54, 1.807) is 44.2 Å². The lowest BCUT2D eigenvalue weighted by Gasteiger charge is -2.31. The van der Waals surface area contributed by atoms with Crippen molar-refractivity contribution in [3.05, 3.63) is 57.6 Å². The summed E-state index contributed by atoms with van der Waals surface area (Å²) in [6.45, 7) is 5.86. The first-order valence-corrected chi connectivity index (χ1v) is 12.1. The van der Waals surface area contributed by atoms with Crippen LogP contribution in [0.2, 0.25) is 10.0 Å². The number of sulfonamides is 1. The molecule has 0 radical (unpaired) electrons. The molecule has 0 aliphatic rings. The molecule has 0 heterocycles. The number of nitrogens with one attached hydrogen (secondary N) is 1. The molecule has 2 aromatic rings. The Hall–Kier alpha value is -1.96. The first kappa shape index (κ1) is 24.3. The number of hydrogen-bond acceptors (Lipinski definition) is 4. The highest BCUT2D eigenvalue weighted by molar-refractivity contribution is 7.92. The van der Waals surface area contributed by atoms with Crippen molar-refractivity contribution in [2.45, 2.75) is 33.2 Å². The molecule has 0 saturated carbocycles. The van der Waals surface area contributed by atoms with Crippen LogP contribution in [0.4, 0.5) is 5.69 Å². The van der Waals surface area contributed by atoms with Gasteiger partial charge in [-0.3, -0.25) is 9.10 Å². The second kappa shape index (κ2) is 10.4. The van der Waals surface area contributed by atoms with Gasteiger partial charge in [0.15, 0.2) is 0 Å². The molecular formula is C21H26Cl2N2O4S. The Balaban J connectivity index is 2.10. The lowest BCUT2D eigenvalue weighted by molar-refractivity contribution is -0.122. The van der Waals surface area contributed by atoms with Crippen LogP contribution in [-0.2, 0) is 14.8 Å². The lowest BCUT2D eigenvalue weighted by Crippen LogP contribution is -2.50. The molecule has 30 heavy (non-hydrogen) atoms. The van der Waals surface area contributed by atoms with Crippen LogP contribution in [0.15, 0.2) is 36.4 Å². The van der Waals surface area contributed by atoms with Crippen molar-refractivity contribution in [3.63, 3.8) is 0 Å². The lowest BCUT2D eigenvalue weighted by atomic mass is 10.1. The van der Waals surface area contributed by atoms with Crippen molar-refractivity contribution >= 4 is 44.8 Å². The topological polar surface area (TPSA) is 75.7 Å². The van der Waals surface area contributed by atoms with Gasteiger partial charge in [0.1, 0.15) is 18.4 Å². The van der Waals surface area contributed by atoms with Crippen LogP contribution in [0.5, 0.6) is 5.75 Å². The van der Waals surface area contributed by atoms with Crippen molar-refractivity contribution in [3.8, 4) is 5.75 Å². The van der Waals surface area contributed by atoms with Crippen molar-refractivity contribution in [2.24, 2.45) is 0 Å². The van der Waals surface area contributed by atoms with Crippen molar-refractivity contribution < 1.29 is 17.9 Å². The van der Waals surface area contributed by atoms with Gasteiger partial charge < -0.3 is 10.1 Å². The molecular weight excluding hydrogens is 447 g/mol. The molecule has 0 bridgehead atoms. The first-order valence-electron chi connectivity index (χ1n) is 9.46. The molecule has 0 fully saturated rings. The van der Waals surface area contributed by atoms with E-state index < -0.39 is 22.0 Å². The van der Waals surface area contributed by atoms with Crippen LogP contribution in [0, 0.1) is 13.8 Å². The van der Waals surface area contributed by atoms with Crippen LogP contribution >= 0.6 is 23.2 Å². The maximum atomic E-state index is 12.8. The monoisotopic (exact) mass is 472 g/mol. The molecule has 0 aliphatic heterocycles. The molecule has 2 aromatic carbocycles. The fourth-order valence-corrected chi connectivity index (χ4v) is 4.58. The fourth-order valence-electron chi connectivity index (χ4n) is 2.98. The van der Waals surface area contributed by atoms with Gasteiger partial charge in [0.05, 0.1) is 18.5 Å². The summed E-state index contributed by atoms with van der Waals surface area (Å²) in [5, 5.41) is 3.74. The van der Waals surface area contributed by atoms with Gasteiger partial charge in [-0.25, -0.2) is 8.42 Å². The molecule has 0 aliphatic carbocycles. The van der Waals surface area contributed by atoms with E-state index in [0.29, 0.717) is 33.5 Å². The predicted octanol–water partition coefficient (Wildman–Crippen LogP) is 4.35. The largest absolute Gasteiger partial charge is 0.492 e. The third-order valence-electron chi connectivity index (χ3n) is 4.55. The SMILES string of the molecule is CCC(C(=O)NCCOc1ccc(C)c(Cl)c1)N(c1cc(Cl)ccc1C)S(C)(=O)=O. The summed E-state index contributed by atoms with van der Waals surface area (Å²) < 4.78 is 31.8. The van der Waals surface area contributed by atoms with Gasteiger partial charge >= 0.3 is 0 Å². The number of carbonyl (C=O) groups excluding carboxylic acids is 1. The Morgan fingerprint density at radius 1 is 1.13 bits per heavy atom. The molecule has 1 N–H and O–H groups in total. The number of anilines is 1. The molecule has 0 saturated heterocycles. The van der Waals surface area contributed by atoms with Crippen molar-refractivity contribution in [2.75, 3.05) is 23.7 Å². The molecule has 2 rings (SSSR count). The van der Waals surface area contributed by atoms with Gasteiger partial charge in [0.25, 0.3) is 0 Å². The molecule has 0 aromatic heterocycles. The van der Waals surface area contributed by atoms with Gasteiger partial charge in [-0.15, -0.1) is 0 Å². The summed E-state index contributed by atoms with van der Waals surface area (Å²) in [6, 6.07) is 9.40. The zero-order valence-corrected chi connectivity index (χ0v) is 19.7. The summed E-state index contributed by atoms with van der Waals surface area (Å²) >= 11 is 12.1. The molecule has 1 unspecified atom stereocenters. The van der Waals surface area contributed by atoms with E-state index in [4.69, 9.17) is 27.9 Å². The average Bonchev–Trinajstić information content (AvgIpc) is 2.67. The van der Waals surface area contributed by atoms with E-state index in [-0.39, 0.29) is 13.2 Å². The van der Waals surface area contributed by atoms with Crippen LogP contribution in [0.1, 0.15) is 24.5 Å². The number of nitrogens with zero attached hydrogens (tertiary/aromatic N) is 1. The number of amides is 1. The van der Waals surface area contributed by atoms with Crippen LogP contribution in [-0.4, -0.2) is 39.8 Å². The number of ether oxygens (including phenoxy) is 1. The third-order valence-corrected chi connectivity index (χ3v) is 6.36. The minimum atomic E-state index is -3.73. The minimum absolute atomic E-state index is 0.215. The highest BCUT2D eigenvalue weighted by Crippen LogP contribution is 2.29. The minimum Gasteiger partial charge on any atom is -0.492 e. The Bertz CT molecular complexity index is 1010. The quantitative estimate of drug-likeness (QED) is 0.550. The average molecular weight is 473 g/mol. The number of aryl methyl sites for hydroxylation is 2. The highest BCUT2D eigenvalue weighted by atomic mass is 35.5. The molecule has 6 nitrogen and oxygen atoms in total. The maximum absolute atomic E-state index is 12.8. The summed E-state index contributed by atoms with van der Waals surface area (Å²) in [5.74, 6) is 0.187. The molecule has 164 valence electrons. The maximum Gasteiger partial charge on any atom is 0.244 e. The van der Waals surface area contributed by atoms with Gasteiger partial charge in [-0.05, 0) is 55.7 Å². The van der Waals surface area contributed by atoms with Gasteiger partial charge in [0, 0.05) is 10.0 Å². The summed E-state index contributed by atoms with van der Waals surface area (Å²) in [4.78, 5) is 12.8. The Morgan fingerprint density at radius 2 is 1.80 bits per heavy atom. The second-order valence-electron chi connectivity index (χ2n) is 6.96. The number of benzene rings is 2. The van der Waals surface area contributed by atoms with Crippen LogP contribution in [0.25, 0.3) is 0 Å². The van der Waals surface area contributed by atoms with Gasteiger partial charge in [-0.2, -0.15) is 0 Å². The number of carbonyl (C=O) groups is 1. The molecule has 0 spiro atoms. The van der Waals surface area contributed by atoms with Crippen LogP contribution < -0.4 is 14.4 Å². The number of rotatable bonds is 9. The van der Waals surface area contributed by atoms with E-state index in [1.165, 1.54) is 0 Å². The number of halogens is 2. The van der Waals surface area contributed by atoms with Crippen LogP contribution in [0.3, 0.4) is 0 Å². The summed E-state index contributed by atoms with van der Waals surface area (Å²) in [7, 11) is -3.73. The Labute approximate surface area is 188 Å². The summed E-state index contributed by atoms with van der Waals surface area (Å²) in [5.41, 5.74) is 2.04. The normalized spacial score (nSPS) is 12.3. The standard InChI is InChI=1S/C21H26Cl2N2O4S/c1-5-19(25(30(4,27)28)20-12-16(22)8-6-15(20)3)21(26)24-10-11-29-17-9-7-14(2)18(23)13-17/h6-9,12-13,19H,5,10-11H2,1-4H3,(H,24,26). The van der Waals surface area contributed by atoms with E-state index in [0.717, 1.165) is 16.1 Å². The summed E-state index contributed by atoms with van der Waals surface area (Å²) in [6.07, 6.45) is 1.37.